The van der Waals surface area contributed by atoms with Crippen LogP contribution in [0.2, 0.25) is 0 Å². The standard InChI is InChI=1S/C14H14F5NO3/c1-14(2,3)23-13(21)20-4-6(5-20)22-12-10(18)8(16)7(15)9(17)11(12)19/h6H,4-5H2,1-3H3. The molecule has 0 unspecified atom stereocenters. The topological polar surface area (TPSA) is 38.8 Å². The van der Waals surface area contributed by atoms with E-state index in [2.05, 4.69) is 0 Å². The van der Waals surface area contributed by atoms with Crippen molar-refractivity contribution in [3.8, 4) is 5.75 Å². The van der Waals surface area contributed by atoms with E-state index in [1.807, 2.05) is 0 Å². The Balaban J connectivity index is 2.03. The van der Waals surface area contributed by atoms with Crippen molar-refractivity contribution in [3.63, 3.8) is 0 Å². The number of carbonyl (C=O) groups excluding carboxylic acids is 1. The maximum Gasteiger partial charge on any atom is 0.410 e. The monoisotopic (exact) mass is 339 g/mol. The molecular weight excluding hydrogens is 325 g/mol. The number of hydrogen-bond acceptors (Lipinski definition) is 3. The van der Waals surface area contributed by atoms with E-state index in [1.54, 1.807) is 20.8 Å². The van der Waals surface area contributed by atoms with Gasteiger partial charge in [0.1, 0.15) is 11.7 Å². The van der Waals surface area contributed by atoms with Crippen LogP contribution in [0.5, 0.6) is 5.75 Å². The maximum absolute atomic E-state index is 13.5. The summed E-state index contributed by atoms with van der Waals surface area (Å²) in [6, 6.07) is 0. The number of rotatable bonds is 2. The first-order chi connectivity index (χ1) is 10.5. The molecule has 0 saturated carbocycles. The number of ether oxygens (including phenoxy) is 2. The highest BCUT2D eigenvalue weighted by atomic mass is 19.2. The molecule has 1 heterocycles. The Morgan fingerprint density at radius 1 is 0.957 bits per heavy atom. The maximum atomic E-state index is 13.5. The van der Waals surface area contributed by atoms with Crippen molar-refractivity contribution in [1.82, 2.24) is 4.90 Å². The third kappa shape index (κ3) is 3.48. The number of amides is 1. The largest absolute Gasteiger partial charge is 0.480 e. The molecule has 1 saturated heterocycles. The van der Waals surface area contributed by atoms with Gasteiger partial charge >= 0.3 is 6.09 Å². The van der Waals surface area contributed by atoms with Crippen molar-refractivity contribution in [2.45, 2.75) is 32.5 Å². The number of likely N-dealkylation sites (tertiary alicyclic amines) is 1. The van der Waals surface area contributed by atoms with Gasteiger partial charge in [-0.3, -0.25) is 0 Å². The fourth-order valence-corrected chi connectivity index (χ4v) is 1.84. The van der Waals surface area contributed by atoms with Crippen LogP contribution in [-0.4, -0.2) is 35.8 Å². The fraction of sp³-hybridized carbons (Fsp3) is 0.500. The van der Waals surface area contributed by atoms with Gasteiger partial charge in [0.2, 0.25) is 29.1 Å². The number of nitrogens with zero attached hydrogens (tertiary/aromatic N) is 1. The lowest BCUT2D eigenvalue weighted by Gasteiger charge is -2.39. The molecule has 128 valence electrons. The van der Waals surface area contributed by atoms with Crippen molar-refractivity contribution in [3.05, 3.63) is 29.1 Å². The molecular formula is C14H14F5NO3. The van der Waals surface area contributed by atoms with Gasteiger partial charge in [-0.15, -0.1) is 0 Å². The molecule has 4 nitrogen and oxygen atoms in total. The molecule has 1 aromatic carbocycles. The lowest BCUT2D eigenvalue weighted by atomic mass is 10.1. The van der Waals surface area contributed by atoms with Crippen LogP contribution in [0.15, 0.2) is 0 Å². The number of benzene rings is 1. The summed E-state index contributed by atoms with van der Waals surface area (Å²) in [6.45, 7) is 4.80. The average Bonchev–Trinajstić information content (AvgIpc) is 2.38. The van der Waals surface area contributed by atoms with E-state index in [4.69, 9.17) is 9.47 Å². The van der Waals surface area contributed by atoms with E-state index in [1.165, 1.54) is 4.90 Å². The average molecular weight is 339 g/mol. The Morgan fingerprint density at radius 2 is 1.39 bits per heavy atom. The van der Waals surface area contributed by atoms with Crippen molar-refractivity contribution in [2.75, 3.05) is 13.1 Å². The minimum Gasteiger partial charge on any atom is -0.480 e. The fourth-order valence-electron chi connectivity index (χ4n) is 1.84. The molecule has 0 spiro atoms. The van der Waals surface area contributed by atoms with Gasteiger partial charge in [0.25, 0.3) is 0 Å². The zero-order valence-corrected chi connectivity index (χ0v) is 12.6. The molecule has 0 aromatic heterocycles. The van der Waals surface area contributed by atoms with Gasteiger partial charge in [0.05, 0.1) is 13.1 Å². The summed E-state index contributed by atoms with van der Waals surface area (Å²) in [4.78, 5) is 12.8. The summed E-state index contributed by atoms with van der Waals surface area (Å²) in [7, 11) is 0. The molecule has 1 aliphatic rings. The molecule has 0 N–H and O–H groups in total. The Hall–Kier alpha value is -2.06. The van der Waals surface area contributed by atoms with E-state index in [0.717, 1.165) is 0 Å². The third-order valence-electron chi connectivity index (χ3n) is 2.95. The van der Waals surface area contributed by atoms with Crippen LogP contribution < -0.4 is 4.74 Å². The summed E-state index contributed by atoms with van der Waals surface area (Å²) in [6.07, 6.45) is -1.55. The second kappa shape index (κ2) is 5.86. The Bertz CT molecular complexity index is 609. The molecule has 1 aromatic rings. The van der Waals surface area contributed by atoms with Crippen LogP contribution in [0.4, 0.5) is 26.7 Å². The minimum absolute atomic E-state index is 0.0889. The van der Waals surface area contributed by atoms with Gasteiger partial charge in [-0.1, -0.05) is 0 Å². The van der Waals surface area contributed by atoms with E-state index in [0.29, 0.717) is 0 Å². The van der Waals surface area contributed by atoms with Crippen LogP contribution in [0.25, 0.3) is 0 Å². The molecule has 0 radical (unpaired) electrons. The molecule has 0 aliphatic carbocycles. The molecule has 1 aliphatic heterocycles. The van der Waals surface area contributed by atoms with E-state index < -0.39 is 52.6 Å². The zero-order chi connectivity index (χ0) is 17.5. The lowest BCUT2D eigenvalue weighted by molar-refractivity contribution is -0.0242. The first-order valence-corrected chi connectivity index (χ1v) is 6.67. The van der Waals surface area contributed by atoms with Gasteiger partial charge in [0.15, 0.2) is 5.75 Å². The number of halogens is 5. The van der Waals surface area contributed by atoms with Gasteiger partial charge in [-0.05, 0) is 20.8 Å². The predicted octanol–water partition coefficient (Wildman–Crippen LogP) is 3.38. The first-order valence-electron chi connectivity index (χ1n) is 6.67. The molecule has 9 heteroatoms. The molecule has 1 fully saturated rings. The van der Waals surface area contributed by atoms with Gasteiger partial charge < -0.3 is 14.4 Å². The summed E-state index contributed by atoms with van der Waals surface area (Å²) in [5.41, 5.74) is -0.718. The third-order valence-corrected chi connectivity index (χ3v) is 2.95. The molecule has 1 amide bonds. The van der Waals surface area contributed by atoms with Gasteiger partial charge in [-0.2, -0.15) is 8.78 Å². The SMILES string of the molecule is CC(C)(C)OC(=O)N1CC(Oc2c(F)c(F)c(F)c(F)c2F)C1. The number of carbonyl (C=O) groups is 1. The Labute approximate surface area is 128 Å². The highest BCUT2D eigenvalue weighted by Gasteiger charge is 2.37. The zero-order valence-electron chi connectivity index (χ0n) is 12.6. The van der Waals surface area contributed by atoms with Crippen LogP contribution in [0.1, 0.15) is 20.8 Å². The molecule has 2 rings (SSSR count). The molecule has 0 atom stereocenters. The van der Waals surface area contributed by atoms with Crippen LogP contribution in [0.3, 0.4) is 0 Å². The van der Waals surface area contributed by atoms with Crippen LogP contribution in [0, 0.1) is 29.1 Å². The summed E-state index contributed by atoms with van der Waals surface area (Å²) in [5.74, 6) is -11.9. The van der Waals surface area contributed by atoms with Crippen molar-refractivity contribution >= 4 is 6.09 Å². The molecule has 23 heavy (non-hydrogen) atoms. The van der Waals surface area contributed by atoms with Gasteiger partial charge in [-0.25, -0.2) is 18.0 Å². The van der Waals surface area contributed by atoms with Crippen molar-refractivity contribution < 1.29 is 36.2 Å². The smallest absolute Gasteiger partial charge is 0.410 e. The van der Waals surface area contributed by atoms with Crippen LogP contribution >= 0.6 is 0 Å². The lowest BCUT2D eigenvalue weighted by Crippen LogP contribution is -2.57. The number of hydrogen-bond donors (Lipinski definition) is 0. The quantitative estimate of drug-likeness (QED) is 0.471. The predicted molar refractivity (Wildman–Crippen MR) is 68.5 cm³/mol. The summed E-state index contributed by atoms with van der Waals surface area (Å²) >= 11 is 0. The highest BCUT2D eigenvalue weighted by Crippen LogP contribution is 2.31. The van der Waals surface area contributed by atoms with Crippen LogP contribution in [-0.2, 0) is 4.74 Å². The van der Waals surface area contributed by atoms with E-state index in [-0.39, 0.29) is 13.1 Å². The summed E-state index contributed by atoms with van der Waals surface area (Å²) in [5, 5.41) is 0. The molecule has 0 bridgehead atoms. The van der Waals surface area contributed by atoms with E-state index in [9.17, 15) is 26.7 Å². The minimum atomic E-state index is -2.25. The second-order valence-corrected chi connectivity index (χ2v) is 6.02. The van der Waals surface area contributed by atoms with E-state index >= 15 is 0 Å². The van der Waals surface area contributed by atoms with Gasteiger partial charge in [0, 0.05) is 0 Å². The van der Waals surface area contributed by atoms with Crippen molar-refractivity contribution in [1.29, 1.82) is 0 Å². The Morgan fingerprint density at radius 3 is 1.83 bits per heavy atom. The first kappa shape index (κ1) is 17.3. The van der Waals surface area contributed by atoms with Crippen molar-refractivity contribution in [2.24, 2.45) is 0 Å². The highest BCUT2D eigenvalue weighted by molar-refractivity contribution is 5.69. The summed E-state index contributed by atoms with van der Waals surface area (Å²) < 4.78 is 75.7. The second-order valence-electron chi connectivity index (χ2n) is 6.02. The Kier molecular flexibility index (Phi) is 4.41. The normalized spacial score (nSPS) is 15.4.